The van der Waals surface area contributed by atoms with Gasteiger partial charge in [-0.2, -0.15) is 0 Å². The van der Waals surface area contributed by atoms with Gasteiger partial charge in [0.1, 0.15) is 18.9 Å². The Balaban J connectivity index is 1.86. The van der Waals surface area contributed by atoms with Gasteiger partial charge in [-0.05, 0) is 19.9 Å². The number of hydrogen-bond donors (Lipinski definition) is 1. The highest BCUT2D eigenvalue weighted by atomic mass is 32.2. The molecule has 156 valence electrons. The van der Waals surface area contributed by atoms with E-state index in [2.05, 4.69) is 6.58 Å². The van der Waals surface area contributed by atoms with Crippen LogP contribution in [0, 0.1) is 5.41 Å². The Labute approximate surface area is 170 Å². The molecule has 2 rings (SSSR count). The molecule has 28 heavy (non-hydrogen) atoms. The molecule has 0 aromatic heterocycles. The highest BCUT2D eigenvalue weighted by Crippen LogP contribution is 2.29. The van der Waals surface area contributed by atoms with Crippen LogP contribution in [0.4, 0.5) is 0 Å². The number of esters is 1. The third-order valence-electron chi connectivity index (χ3n) is 5.25. The first-order valence-corrected chi connectivity index (χ1v) is 10.3. The Kier molecular flexibility index (Phi) is 8.06. The largest absolute Gasteiger partial charge is 0.461 e. The topological polar surface area (TPSA) is 94.0 Å². The van der Waals surface area contributed by atoms with Crippen molar-refractivity contribution in [1.29, 1.82) is 5.41 Å². The highest BCUT2D eigenvalue weighted by Gasteiger charge is 2.40. The Morgan fingerprint density at radius 1 is 1.36 bits per heavy atom. The van der Waals surface area contributed by atoms with Gasteiger partial charge < -0.3 is 14.5 Å². The summed E-state index contributed by atoms with van der Waals surface area (Å²) in [6.45, 7) is 7.09. The number of hydrogen-bond acceptors (Lipinski definition) is 7. The molecule has 2 aliphatic rings. The number of likely N-dealkylation sites (tertiary alicyclic amines) is 2. The van der Waals surface area contributed by atoms with E-state index >= 15 is 0 Å². The third-order valence-corrected chi connectivity index (χ3v) is 6.26. The molecule has 3 atom stereocenters. The average Bonchev–Trinajstić information content (AvgIpc) is 3.25. The number of carbonyl (C=O) groups excluding carboxylic acids is 3. The summed E-state index contributed by atoms with van der Waals surface area (Å²) >= 11 is 1.31. The Morgan fingerprint density at radius 2 is 2.07 bits per heavy atom. The minimum atomic E-state index is -0.454. The van der Waals surface area contributed by atoms with Gasteiger partial charge in [0.15, 0.2) is 5.12 Å². The van der Waals surface area contributed by atoms with Crippen LogP contribution in [0.1, 0.15) is 26.2 Å². The van der Waals surface area contributed by atoms with E-state index in [1.165, 1.54) is 17.8 Å². The van der Waals surface area contributed by atoms with Crippen LogP contribution in [0.15, 0.2) is 12.7 Å². The lowest BCUT2D eigenvalue weighted by molar-refractivity contribution is -0.141. The molecule has 1 N–H and O–H groups in total. The standard InChI is InChI=1S/C19H30N4O4S/c1-5-8-27-18(25)10-17(20)22(4)14-6-7-23(11-14)19(26)16-9-15(12-21(16)3)28-13(2)24/h5,14-16,20H,1,6-12H2,2-4H3/t14-,15+,16+/m1/s1. The number of amidine groups is 1. The Morgan fingerprint density at radius 3 is 2.71 bits per heavy atom. The van der Waals surface area contributed by atoms with E-state index in [1.54, 1.807) is 18.9 Å². The summed E-state index contributed by atoms with van der Waals surface area (Å²) in [4.78, 5) is 41.6. The first-order chi connectivity index (χ1) is 13.2. The van der Waals surface area contributed by atoms with Crippen molar-refractivity contribution < 1.29 is 19.1 Å². The van der Waals surface area contributed by atoms with Crippen molar-refractivity contribution in [1.82, 2.24) is 14.7 Å². The van der Waals surface area contributed by atoms with Gasteiger partial charge in [-0.15, -0.1) is 0 Å². The Hall–Kier alpha value is -1.87. The van der Waals surface area contributed by atoms with Gasteiger partial charge in [0, 0.05) is 44.9 Å². The van der Waals surface area contributed by atoms with Gasteiger partial charge >= 0.3 is 5.97 Å². The monoisotopic (exact) mass is 410 g/mol. The van der Waals surface area contributed by atoms with Crippen LogP contribution in [0.5, 0.6) is 0 Å². The van der Waals surface area contributed by atoms with Crippen LogP contribution < -0.4 is 0 Å². The molecule has 0 aromatic carbocycles. The third kappa shape index (κ3) is 5.81. The number of nitrogens with zero attached hydrogens (tertiary/aromatic N) is 3. The number of amides is 1. The maximum absolute atomic E-state index is 13.0. The number of carbonyl (C=O) groups is 3. The minimum absolute atomic E-state index is 0.0118. The van der Waals surface area contributed by atoms with Crippen molar-refractivity contribution in [2.24, 2.45) is 0 Å². The lowest BCUT2D eigenvalue weighted by Crippen LogP contribution is -2.45. The lowest BCUT2D eigenvalue weighted by atomic mass is 10.2. The molecule has 2 saturated heterocycles. The van der Waals surface area contributed by atoms with Gasteiger partial charge in [0.2, 0.25) is 5.91 Å². The second kappa shape index (κ2) is 10.1. The normalized spacial score (nSPS) is 24.8. The van der Waals surface area contributed by atoms with E-state index in [0.29, 0.717) is 19.5 Å². The molecule has 9 heteroatoms. The van der Waals surface area contributed by atoms with E-state index in [0.717, 1.165) is 13.0 Å². The van der Waals surface area contributed by atoms with Crippen molar-refractivity contribution >= 4 is 34.6 Å². The van der Waals surface area contributed by atoms with Crippen molar-refractivity contribution in [3.05, 3.63) is 12.7 Å². The number of thioether (sulfide) groups is 1. The molecule has 2 heterocycles. The summed E-state index contributed by atoms with van der Waals surface area (Å²) in [6, 6.07) is -0.188. The minimum Gasteiger partial charge on any atom is -0.461 e. The molecule has 1 amide bonds. The Bertz CT molecular complexity index is 641. The zero-order valence-corrected chi connectivity index (χ0v) is 17.7. The number of ether oxygens (including phenoxy) is 1. The lowest BCUT2D eigenvalue weighted by Gasteiger charge is -2.28. The molecule has 2 aliphatic heterocycles. The number of likely N-dealkylation sites (N-methyl/N-ethyl adjacent to an activating group) is 2. The second-order valence-corrected chi connectivity index (χ2v) is 8.83. The summed E-state index contributed by atoms with van der Waals surface area (Å²) in [5.41, 5.74) is 0. The summed E-state index contributed by atoms with van der Waals surface area (Å²) in [7, 11) is 3.70. The molecule has 0 bridgehead atoms. The maximum Gasteiger partial charge on any atom is 0.313 e. The summed E-state index contributed by atoms with van der Waals surface area (Å²) in [6.07, 6.45) is 2.84. The van der Waals surface area contributed by atoms with Crippen LogP contribution in [-0.4, -0.2) is 95.2 Å². The molecule has 0 saturated carbocycles. The molecule has 0 aliphatic carbocycles. The zero-order valence-electron chi connectivity index (χ0n) is 16.8. The van der Waals surface area contributed by atoms with Gasteiger partial charge in [0.05, 0.1) is 6.04 Å². The van der Waals surface area contributed by atoms with E-state index in [1.807, 2.05) is 16.8 Å². The van der Waals surface area contributed by atoms with Crippen molar-refractivity contribution in [3.8, 4) is 0 Å². The molecular formula is C19H30N4O4S. The zero-order chi connectivity index (χ0) is 20.8. The summed E-state index contributed by atoms with van der Waals surface area (Å²) in [5, 5.41) is 8.38. The molecule has 2 fully saturated rings. The first-order valence-electron chi connectivity index (χ1n) is 9.46. The van der Waals surface area contributed by atoms with E-state index in [-0.39, 0.29) is 47.2 Å². The maximum atomic E-state index is 13.0. The van der Waals surface area contributed by atoms with Crippen molar-refractivity contribution in [3.63, 3.8) is 0 Å². The van der Waals surface area contributed by atoms with E-state index in [9.17, 15) is 14.4 Å². The van der Waals surface area contributed by atoms with Crippen LogP contribution in [-0.2, 0) is 19.1 Å². The average molecular weight is 411 g/mol. The summed E-state index contributed by atoms with van der Waals surface area (Å²) < 4.78 is 4.93. The highest BCUT2D eigenvalue weighted by molar-refractivity contribution is 8.14. The SMILES string of the molecule is C=CCOC(=O)CC(=N)N(C)[C@@H]1CCN(C(=O)[C@@H]2C[C@H](SC(C)=O)CN2C)C1. The molecule has 8 nitrogen and oxygen atoms in total. The van der Waals surface area contributed by atoms with E-state index < -0.39 is 5.97 Å². The molecular weight excluding hydrogens is 380 g/mol. The fraction of sp³-hybridized carbons (Fsp3) is 0.684. The smallest absolute Gasteiger partial charge is 0.313 e. The van der Waals surface area contributed by atoms with Gasteiger partial charge in [-0.1, -0.05) is 24.4 Å². The molecule has 0 aromatic rings. The van der Waals surface area contributed by atoms with Crippen LogP contribution >= 0.6 is 11.8 Å². The van der Waals surface area contributed by atoms with Crippen LogP contribution in [0.2, 0.25) is 0 Å². The number of nitrogens with one attached hydrogen (secondary N) is 1. The first kappa shape index (κ1) is 22.4. The van der Waals surface area contributed by atoms with Crippen LogP contribution in [0.3, 0.4) is 0 Å². The van der Waals surface area contributed by atoms with Gasteiger partial charge in [-0.25, -0.2) is 0 Å². The van der Waals surface area contributed by atoms with E-state index in [4.69, 9.17) is 10.1 Å². The fourth-order valence-electron chi connectivity index (χ4n) is 3.71. The van der Waals surface area contributed by atoms with Crippen molar-refractivity contribution in [2.45, 2.75) is 43.5 Å². The number of rotatable bonds is 7. The molecule has 0 spiro atoms. The predicted molar refractivity (Wildman–Crippen MR) is 109 cm³/mol. The summed E-state index contributed by atoms with van der Waals surface area (Å²) in [5.74, 6) is -0.185. The van der Waals surface area contributed by atoms with Gasteiger partial charge in [0.25, 0.3) is 0 Å². The second-order valence-electron chi connectivity index (χ2n) is 7.36. The fourth-order valence-corrected chi connectivity index (χ4v) is 4.77. The predicted octanol–water partition coefficient (Wildman–Crippen LogP) is 0.968. The quantitative estimate of drug-likeness (QED) is 0.289. The van der Waals surface area contributed by atoms with Gasteiger partial charge in [-0.3, -0.25) is 24.7 Å². The molecule has 0 unspecified atom stereocenters. The molecule has 0 radical (unpaired) electrons. The van der Waals surface area contributed by atoms with Crippen molar-refractivity contribution in [2.75, 3.05) is 40.3 Å². The van der Waals surface area contributed by atoms with Crippen LogP contribution in [0.25, 0.3) is 0 Å².